The Balaban J connectivity index is 0.00000264. The first-order valence-electron chi connectivity index (χ1n) is 8.06. The maximum absolute atomic E-state index is 4.52. The van der Waals surface area contributed by atoms with Gasteiger partial charge in [0, 0.05) is 52.5 Å². The number of hydrogen-bond donors (Lipinski definition) is 2. The SMILES string of the molecule is CCCNC(=NC)NCc1ccnc(N2CCN(C)CC2)c1.I. The molecule has 1 aliphatic rings. The summed E-state index contributed by atoms with van der Waals surface area (Å²) in [5, 5.41) is 6.62. The van der Waals surface area contributed by atoms with Gasteiger partial charge in [0.05, 0.1) is 0 Å². The van der Waals surface area contributed by atoms with Crippen LogP contribution in [-0.4, -0.2) is 62.7 Å². The second kappa shape index (κ2) is 10.6. The monoisotopic (exact) mass is 432 g/mol. The molecule has 2 heterocycles. The van der Waals surface area contributed by atoms with Gasteiger partial charge in [-0.05, 0) is 31.2 Å². The van der Waals surface area contributed by atoms with Crippen molar-refractivity contribution in [3.05, 3.63) is 23.9 Å². The predicted octanol–water partition coefficient (Wildman–Crippen LogP) is 1.53. The molecule has 1 aromatic heterocycles. The zero-order valence-corrected chi connectivity index (χ0v) is 16.7. The lowest BCUT2D eigenvalue weighted by Crippen LogP contribution is -2.44. The quantitative estimate of drug-likeness (QED) is 0.420. The van der Waals surface area contributed by atoms with E-state index in [2.05, 4.69) is 56.5 Å². The van der Waals surface area contributed by atoms with Gasteiger partial charge in [0.1, 0.15) is 5.82 Å². The van der Waals surface area contributed by atoms with E-state index in [1.165, 1.54) is 5.56 Å². The summed E-state index contributed by atoms with van der Waals surface area (Å²) in [4.78, 5) is 13.5. The fourth-order valence-corrected chi connectivity index (χ4v) is 2.43. The fraction of sp³-hybridized carbons (Fsp3) is 0.625. The van der Waals surface area contributed by atoms with Crippen LogP contribution in [0.15, 0.2) is 23.3 Å². The second-order valence-electron chi connectivity index (χ2n) is 5.67. The number of guanidine groups is 1. The van der Waals surface area contributed by atoms with E-state index >= 15 is 0 Å². The zero-order valence-electron chi connectivity index (χ0n) is 14.4. The average Bonchev–Trinajstić information content (AvgIpc) is 2.56. The van der Waals surface area contributed by atoms with Crippen molar-refractivity contribution < 1.29 is 0 Å². The van der Waals surface area contributed by atoms with Crippen LogP contribution in [0.1, 0.15) is 18.9 Å². The number of anilines is 1. The van der Waals surface area contributed by atoms with Gasteiger partial charge >= 0.3 is 0 Å². The normalized spacial score (nSPS) is 16.0. The highest BCUT2D eigenvalue weighted by Gasteiger charge is 2.15. The Bertz CT molecular complexity index is 485. The van der Waals surface area contributed by atoms with Crippen LogP contribution >= 0.6 is 24.0 Å². The van der Waals surface area contributed by atoms with Gasteiger partial charge in [0.15, 0.2) is 5.96 Å². The number of hydrogen-bond acceptors (Lipinski definition) is 4. The van der Waals surface area contributed by atoms with Crippen molar-refractivity contribution in [1.29, 1.82) is 0 Å². The number of aromatic nitrogens is 1. The highest BCUT2D eigenvalue weighted by molar-refractivity contribution is 14.0. The predicted molar refractivity (Wildman–Crippen MR) is 108 cm³/mol. The van der Waals surface area contributed by atoms with Gasteiger partial charge in [0.2, 0.25) is 0 Å². The number of piperazine rings is 1. The minimum atomic E-state index is 0. The van der Waals surface area contributed by atoms with Crippen molar-refractivity contribution in [1.82, 2.24) is 20.5 Å². The van der Waals surface area contributed by atoms with E-state index in [0.29, 0.717) is 0 Å². The van der Waals surface area contributed by atoms with E-state index in [4.69, 9.17) is 0 Å². The van der Waals surface area contributed by atoms with Crippen LogP contribution in [0.25, 0.3) is 0 Å². The van der Waals surface area contributed by atoms with Crippen LogP contribution in [0.2, 0.25) is 0 Å². The first kappa shape index (κ1) is 20.0. The van der Waals surface area contributed by atoms with Crippen LogP contribution in [0, 0.1) is 0 Å². The third-order valence-electron chi connectivity index (χ3n) is 3.86. The van der Waals surface area contributed by atoms with Gasteiger partial charge in [-0.1, -0.05) is 6.92 Å². The summed E-state index contributed by atoms with van der Waals surface area (Å²) in [6.45, 7) is 8.11. The highest BCUT2D eigenvalue weighted by Crippen LogP contribution is 2.14. The van der Waals surface area contributed by atoms with Crippen molar-refractivity contribution in [2.75, 3.05) is 51.7 Å². The number of likely N-dealkylation sites (N-methyl/N-ethyl adjacent to an activating group) is 1. The highest BCUT2D eigenvalue weighted by atomic mass is 127. The number of nitrogens with one attached hydrogen (secondary N) is 2. The molecular weight excluding hydrogens is 403 g/mol. The molecule has 0 bridgehead atoms. The number of pyridine rings is 1. The van der Waals surface area contributed by atoms with E-state index in [9.17, 15) is 0 Å². The van der Waals surface area contributed by atoms with Crippen molar-refractivity contribution in [3.8, 4) is 0 Å². The molecule has 1 fully saturated rings. The summed E-state index contributed by atoms with van der Waals surface area (Å²) in [5.41, 5.74) is 1.23. The maximum Gasteiger partial charge on any atom is 0.191 e. The molecule has 0 atom stereocenters. The number of rotatable bonds is 5. The van der Waals surface area contributed by atoms with Crippen molar-refractivity contribution in [2.24, 2.45) is 4.99 Å². The number of aliphatic imine (C=N–C) groups is 1. The second-order valence-corrected chi connectivity index (χ2v) is 5.67. The molecule has 2 rings (SSSR count). The van der Waals surface area contributed by atoms with Crippen molar-refractivity contribution in [2.45, 2.75) is 19.9 Å². The largest absolute Gasteiger partial charge is 0.356 e. The summed E-state index contributed by atoms with van der Waals surface area (Å²) in [7, 11) is 3.97. The van der Waals surface area contributed by atoms with E-state index in [-0.39, 0.29) is 24.0 Å². The van der Waals surface area contributed by atoms with Gasteiger partial charge in [-0.2, -0.15) is 0 Å². The van der Waals surface area contributed by atoms with Gasteiger partial charge in [0.25, 0.3) is 0 Å². The Morgan fingerprint density at radius 1 is 1.26 bits per heavy atom. The molecule has 0 amide bonds. The van der Waals surface area contributed by atoms with Crippen molar-refractivity contribution >= 4 is 35.8 Å². The molecule has 1 saturated heterocycles. The van der Waals surface area contributed by atoms with Gasteiger partial charge in [-0.25, -0.2) is 4.98 Å². The third kappa shape index (κ3) is 6.50. The van der Waals surface area contributed by atoms with E-state index < -0.39 is 0 Å². The lowest BCUT2D eigenvalue weighted by Gasteiger charge is -2.33. The molecule has 1 aromatic rings. The molecule has 0 aliphatic carbocycles. The molecular formula is C16H29IN6. The summed E-state index contributed by atoms with van der Waals surface area (Å²) < 4.78 is 0. The molecule has 6 nitrogen and oxygen atoms in total. The zero-order chi connectivity index (χ0) is 15.8. The summed E-state index contributed by atoms with van der Waals surface area (Å²) in [6, 6.07) is 4.23. The molecule has 0 unspecified atom stereocenters. The molecule has 0 aromatic carbocycles. The molecule has 0 saturated carbocycles. The first-order valence-corrected chi connectivity index (χ1v) is 8.06. The van der Waals surface area contributed by atoms with Crippen LogP contribution in [0.4, 0.5) is 5.82 Å². The van der Waals surface area contributed by atoms with Crippen LogP contribution in [0.3, 0.4) is 0 Å². The Labute approximate surface area is 156 Å². The lowest BCUT2D eigenvalue weighted by atomic mass is 10.2. The third-order valence-corrected chi connectivity index (χ3v) is 3.86. The summed E-state index contributed by atoms with van der Waals surface area (Å²) in [5.74, 6) is 1.92. The Morgan fingerprint density at radius 2 is 2.00 bits per heavy atom. The van der Waals surface area contributed by atoms with Crippen molar-refractivity contribution in [3.63, 3.8) is 0 Å². The van der Waals surface area contributed by atoms with Gasteiger partial charge < -0.3 is 20.4 Å². The Morgan fingerprint density at radius 3 is 2.65 bits per heavy atom. The maximum atomic E-state index is 4.52. The average molecular weight is 432 g/mol. The molecule has 23 heavy (non-hydrogen) atoms. The van der Waals surface area contributed by atoms with E-state index in [0.717, 1.165) is 57.5 Å². The molecule has 130 valence electrons. The topological polar surface area (TPSA) is 55.8 Å². The molecule has 0 spiro atoms. The first-order chi connectivity index (χ1) is 10.7. The number of nitrogens with zero attached hydrogens (tertiary/aromatic N) is 4. The number of halogens is 1. The van der Waals surface area contributed by atoms with Crippen LogP contribution in [-0.2, 0) is 6.54 Å². The Kier molecular flexibility index (Phi) is 9.23. The fourth-order valence-electron chi connectivity index (χ4n) is 2.43. The standard InChI is InChI=1S/C16H28N6.HI/c1-4-6-19-16(17-2)20-13-14-5-7-18-15(12-14)22-10-8-21(3)9-11-22;/h5,7,12H,4,6,8-11,13H2,1-3H3,(H2,17,19,20);1H. The minimum Gasteiger partial charge on any atom is -0.356 e. The summed E-state index contributed by atoms with van der Waals surface area (Å²) >= 11 is 0. The van der Waals surface area contributed by atoms with Gasteiger partial charge in [-0.3, -0.25) is 4.99 Å². The molecule has 0 radical (unpaired) electrons. The van der Waals surface area contributed by atoms with Gasteiger partial charge in [-0.15, -0.1) is 24.0 Å². The van der Waals surface area contributed by atoms with E-state index in [1.54, 1.807) is 7.05 Å². The Hall–Kier alpha value is -1.09. The lowest BCUT2D eigenvalue weighted by molar-refractivity contribution is 0.312. The molecule has 7 heteroatoms. The minimum absolute atomic E-state index is 0. The van der Waals surface area contributed by atoms with Crippen LogP contribution < -0.4 is 15.5 Å². The smallest absolute Gasteiger partial charge is 0.191 e. The van der Waals surface area contributed by atoms with Crippen LogP contribution in [0.5, 0.6) is 0 Å². The molecule has 2 N–H and O–H groups in total. The molecule has 1 aliphatic heterocycles. The van der Waals surface area contributed by atoms with E-state index in [1.807, 2.05) is 6.20 Å². The summed E-state index contributed by atoms with van der Waals surface area (Å²) in [6.07, 6.45) is 2.98.